The summed E-state index contributed by atoms with van der Waals surface area (Å²) < 4.78 is 10.1. The Labute approximate surface area is 131 Å². The summed E-state index contributed by atoms with van der Waals surface area (Å²) in [4.78, 5) is 31.8. The van der Waals surface area contributed by atoms with E-state index in [1.54, 1.807) is 24.4 Å². The maximum absolute atomic E-state index is 12.0. The average Bonchev–Trinajstić information content (AvgIpc) is 3.02. The molecule has 0 unspecified atom stereocenters. The summed E-state index contributed by atoms with van der Waals surface area (Å²) in [6, 6.07) is 8.32. The number of amides is 1. The number of pyridine rings is 1. The van der Waals surface area contributed by atoms with Gasteiger partial charge in [-0.3, -0.25) is 4.79 Å². The molecular formula is C16H13N3O4. The van der Waals surface area contributed by atoms with Crippen LogP contribution in [0.3, 0.4) is 0 Å². The standard InChI is InChI=1S/C16H13N3O4/c1-10-3-2-6-17-15(10)19-14(20)8-22-16(21)11-4-5-12-13(7-11)23-9-18-12/h2-7,9H,8H2,1H3,(H,17,19,20). The van der Waals surface area contributed by atoms with Crippen LogP contribution < -0.4 is 5.32 Å². The summed E-state index contributed by atoms with van der Waals surface area (Å²) in [5.74, 6) is -0.631. The van der Waals surface area contributed by atoms with Crippen molar-refractivity contribution >= 4 is 28.8 Å². The van der Waals surface area contributed by atoms with Crippen LogP contribution in [0.5, 0.6) is 0 Å². The third-order valence-electron chi connectivity index (χ3n) is 3.17. The molecule has 0 bridgehead atoms. The van der Waals surface area contributed by atoms with Gasteiger partial charge in [-0.2, -0.15) is 0 Å². The zero-order chi connectivity index (χ0) is 16.2. The first kappa shape index (κ1) is 14.7. The Hall–Kier alpha value is -3.22. The van der Waals surface area contributed by atoms with Crippen molar-refractivity contribution in [1.29, 1.82) is 0 Å². The van der Waals surface area contributed by atoms with Crippen molar-refractivity contribution in [3.63, 3.8) is 0 Å². The van der Waals surface area contributed by atoms with Crippen molar-refractivity contribution in [3.05, 3.63) is 54.0 Å². The van der Waals surface area contributed by atoms with Gasteiger partial charge in [-0.1, -0.05) is 6.07 Å². The number of nitrogens with one attached hydrogen (secondary N) is 1. The van der Waals surface area contributed by atoms with E-state index in [1.165, 1.54) is 12.5 Å². The van der Waals surface area contributed by atoms with E-state index in [2.05, 4.69) is 15.3 Å². The molecule has 7 heteroatoms. The second kappa shape index (κ2) is 6.27. The first-order valence-electron chi connectivity index (χ1n) is 6.85. The third kappa shape index (κ3) is 3.34. The van der Waals surface area contributed by atoms with Gasteiger partial charge >= 0.3 is 5.97 Å². The van der Waals surface area contributed by atoms with Gasteiger partial charge < -0.3 is 14.5 Å². The average molecular weight is 311 g/mol. The Bertz CT molecular complexity index is 872. The molecule has 0 aliphatic rings. The zero-order valence-corrected chi connectivity index (χ0v) is 12.3. The SMILES string of the molecule is Cc1cccnc1NC(=O)COC(=O)c1ccc2ncoc2c1. The molecule has 0 spiro atoms. The number of anilines is 1. The molecule has 3 aromatic rings. The molecule has 0 fully saturated rings. The van der Waals surface area contributed by atoms with Crippen molar-refractivity contribution in [2.24, 2.45) is 0 Å². The molecule has 1 N–H and O–H groups in total. The number of rotatable bonds is 4. The zero-order valence-electron chi connectivity index (χ0n) is 12.3. The number of fused-ring (bicyclic) bond motifs is 1. The van der Waals surface area contributed by atoms with Crippen LogP contribution in [0.15, 0.2) is 47.3 Å². The molecule has 1 amide bonds. The lowest BCUT2D eigenvalue weighted by atomic mass is 10.2. The number of carbonyl (C=O) groups excluding carboxylic acids is 2. The van der Waals surface area contributed by atoms with Gasteiger partial charge in [0.05, 0.1) is 5.56 Å². The van der Waals surface area contributed by atoms with Gasteiger partial charge in [0.1, 0.15) is 11.3 Å². The van der Waals surface area contributed by atoms with Crippen LogP contribution in [0.1, 0.15) is 15.9 Å². The minimum absolute atomic E-state index is 0.288. The maximum Gasteiger partial charge on any atom is 0.338 e. The number of hydrogen-bond donors (Lipinski definition) is 1. The van der Waals surface area contributed by atoms with E-state index >= 15 is 0 Å². The molecule has 7 nitrogen and oxygen atoms in total. The lowest BCUT2D eigenvalue weighted by Gasteiger charge is -2.07. The molecule has 116 valence electrons. The fourth-order valence-corrected chi connectivity index (χ4v) is 1.98. The Kier molecular flexibility index (Phi) is 4.01. The van der Waals surface area contributed by atoms with Crippen LogP contribution in [-0.4, -0.2) is 28.5 Å². The van der Waals surface area contributed by atoms with Crippen molar-refractivity contribution < 1.29 is 18.7 Å². The highest BCUT2D eigenvalue weighted by atomic mass is 16.5. The number of oxazole rings is 1. The number of nitrogens with zero attached hydrogens (tertiary/aromatic N) is 2. The fourth-order valence-electron chi connectivity index (χ4n) is 1.98. The molecule has 0 aliphatic heterocycles. The van der Waals surface area contributed by atoms with Gasteiger partial charge in [-0.25, -0.2) is 14.8 Å². The Morgan fingerprint density at radius 3 is 2.96 bits per heavy atom. The van der Waals surface area contributed by atoms with E-state index in [4.69, 9.17) is 9.15 Å². The first-order valence-corrected chi connectivity index (χ1v) is 6.85. The molecule has 3 rings (SSSR count). The van der Waals surface area contributed by atoms with E-state index in [9.17, 15) is 9.59 Å². The van der Waals surface area contributed by atoms with E-state index in [0.717, 1.165) is 5.56 Å². The number of aromatic nitrogens is 2. The largest absolute Gasteiger partial charge is 0.452 e. The summed E-state index contributed by atoms with van der Waals surface area (Å²) in [5, 5.41) is 2.59. The molecule has 2 heterocycles. The van der Waals surface area contributed by atoms with Crippen molar-refractivity contribution in [3.8, 4) is 0 Å². The van der Waals surface area contributed by atoms with Gasteiger partial charge in [0, 0.05) is 6.20 Å². The van der Waals surface area contributed by atoms with E-state index in [0.29, 0.717) is 16.9 Å². The monoisotopic (exact) mass is 311 g/mol. The predicted octanol–water partition coefficient (Wildman–Crippen LogP) is 2.33. The lowest BCUT2D eigenvalue weighted by Crippen LogP contribution is -2.21. The molecule has 2 aromatic heterocycles. The number of carbonyl (C=O) groups is 2. The van der Waals surface area contributed by atoms with E-state index < -0.39 is 18.5 Å². The fraction of sp³-hybridized carbons (Fsp3) is 0.125. The summed E-state index contributed by atoms with van der Waals surface area (Å²) in [5.41, 5.74) is 2.23. The van der Waals surface area contributed by atoms with Crippen LogP contribution in [0.2, 0.25) is 0 Å². The summed E-state index contributed by atoms with van der Waals surface area (Å²) in [6.07, 6.45) is 2.86. The number of hydrogen-bond acceptors (Lipinski definition) is 6. The highest BCUT2D eigenvalue weighted by Crippen LogP contribution is 2.15. The smallest absolute Gasteiger partial charge is 0.338 e. The predicted molar refractivity (Wildman–Crippen MR) is 81.9 cm³/mol. The molecule has 23 heavy (non-hydrogen) atoms. The number of aryl methyl sites for hydroxylation is 1. The number of esters is 1. The van der Waals surface area contributed by atoms with Crippen LogP contribution in [0.25, 0.3) is 11.1 Å². The van der Waals surface area contributed by atoms with E-state index in [-0.39, 0.29) is 5.56 Å². The molecule has 1 aromatic carbocycles. The van der Waals surface area contributed by atoms with Crippen molar-refractivity contribution in [1.82, 2.24) is 9.97 Å². The normalized spacial score (nSPS) is 10.5. The lowest BCUT2D eigenvalue weighted by molar-refractivity contribution is -0.119. The molecule has 0 saturated heterocycles. The Balaban J connectivity index is 1.60. The van der Waals surface area contributed by atoms with E-state index in [1.807, 2.05) is 13.0 Å². The summed E-state index contributed by atoms with van der Waals surface area (Å²) in [7, 11) is 0. The summed E-state index contributed by atoms with van der Waals surface area (Å²) >= 11 is 0. The molecule has 0 atom stereocenters. The minimum Gasteiger partial charge on any atom is -0.452 e. The molecule has 0 radical (unpaired) electrons. The van der Waals surface area contributed by atoms with Crippen LogP contribution in [0.4, 0.5) is 5.82 Å². The van der Waals surface area contributed by atoms with Crippen LogP contribution in [-0.2, 0) is 9.53 Å². The van der Waals surface area contributed by atoms with Gasteiger partial charge in [0.15, 0.2) is 18.6 Å². The highest BCUT2D eigenvalue weighted by molar-refractivity contribution is 5.96. The Morgan fingerprint density at radius 2 is 2.13 bits per heavy atom. The second-order valence-electron chi connectivity index (χ2n) is 4.83. The van der Waals surface area contributed by atoms with Gasteiger partial charge in [-0.15, -0.1) is 0 Å². The first-order chi connectivity index (χ1) is 11.1. The van der Waals surface area contributed by atoms with Gasteiger partial charge in [-0.05, 0) is 36.8 Å². The van der Waals surface area contributed by atoms with Crippen LogP contribution in [0, 0.1) is 6.92 Å². The van der Waals surface area contributed by atoms with Crippen molar-refractivity contribution in [2.45, 2.75) is 6.92 Å². The number of ether oxygens (including phenoxy) is 1. The minimum atomic E-state index is -0.615. The highest BCUT2D eigenvalue weighted by Gasteiger charge is 2.13. The van der Waals surface area contributed by atoms with Crippen LogP contribution >= 0.6 is 0 Å². The maximum atomic E-state index is 12.0. The topological polar surface area (TPSA) is 94.3 Å². The van der Waals surface area contributed by atoms with Crippen molar-refractivity contribution in [2.75, 3.05) is 11.9 Å². The van der Waals surface area contributed by atoms with Gasteiger partial charge in [0.2, 0.25) is 0 Å². The second-order valence-corrected chi connectivity index (χ2v) is 4.83. The summed E-state index contributed by atoms with van der Waals surface area (Å²) in [6.45, 7) is 1.42. The molecule has 0 saturated carbocycles. The quantitative estimate of drug-likeness (QED) is 0.743. The van der Waals surface area contributed by atoms with Gasteiger partial charge in [0.25, 0.3) is 5.91 Å². The molecule has 0 aliphatic carbocycles. The number of benzene rings is 1. The third-order valence-corrected chi connectivity index (χ3v) is 3.17. The molecular weight excluding hydrogens is 298 g/mol. The Morgan fingerprint density at radius 1 is 1.26 bits per heavy atom.